The first-order valence-corrected chi connectivity index (χ1v) is 8.40. The summed E-state index contributed by atoms with van der Waals surface area (Å²) in [6, 6.07) is 5.90. The molecule has 3 aromatic rings. The van der Waals surface area contributed by atoms with E-state index in [0.717, 1.165) is 12.1 Å². The summed E-state index contributed by atoms with van der Waals surface area (Å²) >= 11 is 0. The van der Waals surface area contributed by atoms with Gasteiger partial charge in [0.25, 0.3) is 11.6 Å². The minimum absolute atomic E-state index is 0.0930. The largest absolute Gasteiger partial charge is 0.416 e. The summed E-state index contributed by atoms with van der Waals surface area (Å²) in [5.41, 5.74) is 0.918. The fraction of sp³-hybridized carbons (Fsp3) is 0.316. The van der Waals surface area contributed by atoms with E-state index >= 15 is 0 Å². The molecule has 0 aliphatic rings. The summed E-state index contributed by atoms with van der Waals surface area (Å²) in [6.07, 6.45) is -3.08. The monoisotopic (exact) mass is 377 g/mol. The third kappa shape index (κ3) is 3.94. The van der Waals surface area contributed by atoms with Gasteiger partial charge in [0.2, 0.25) is 0 Å². The molecule has 27 heavy (non-hydrogen) atoms. The lowest BCUT2D eigenvalue weighted by Gasteiger charge is -2.16. The van der Waals surface area contributed by atoms with Crippen LogP contribution < -0.4 is 5.32 Å². The smallest absolute Gasteiger partial charge is 0.345 e. The fourth-order valence-electron chi connectivity index (χ4n) is 2.74. The Morgan fingerprint density at radius 1 is 1.19 bits per heavy atom. The van der Waals surface area contributed by atoms with Crippen molar-refractivity contribution in [2.24, 2.45) is 0 Å². The summed E-state index contributed by atoms with van der Waals surface area (Å²) in [6.45, 7) is 5.51. The first-order chi connectivity index (χ1) is 12.7. The zero-order chi connectivity index (χ0) is 19.8. The molecule has 0 radical (unpaired) electrons. The van der Waals surface area contributed by atoms with E-state index in [4.69, 9.17) is 4.52 Å². The molecule has 8 heteroatoms. The maximum Gasteiger partial charge on any atom is 0.416 e. The Bertz CT molecular complexity index is 980. The lowest BCUT2D eigenvalue weighted by molar-refractivity contribution is -0.137. The highest BCUT2D eigenvalue weighted by atomic mass is 19.4. The third-order valence-electron chi connectivity index (χ3n) is 4.23. The molecule has 0 unspecified atom stereocenters. The second-order valence-electron chi connectivity index (χ2n) is 6.62. The molecule has 1 amide bonds. The predicted octanol–water partition coefficient (Wildman–Crippen LogP) is 4.86. The number of alkyl halides is 3. The van der Waals surface area contributed by atoms with Crippen LogP contribution in [0.4, 0.5) is 13.2 Å². The fourth-order valence-corrected chi connectivity index (χ4v) is 2.74. The van der Waals surface area contributed by atoms with Gasteiger partial charge in [-0.3, -0.25) is 4.79 Å². The molecule has 1 N–H and O–H groups in total. The number of halogens is 3. The van der Waals surface area contributed by atoms with E-state index in [2.05, 4.69) is 15.5 Å². The van der Waals surface area contributed by atoms with E-state index in [1.165, 1.54) is 12.3 Å². The van der Waals surface area contributed by atoms with Gasteiger partial charge in [-0.1, -0.05) is 31.1 Å². The van der Waals surface area contributed by atoms with E-state index in [-0.39, 0.29) is 11.5 Å². The van der Waals surface area contributed by atoms with Crippen molar-refractivity contribution in [1.29, 1.82) is 0 Å². The Kier molecular flexibility index (Phi) is 4.91. The number of benzene rings is 1. The highest BCUT2D eigenvalue weighted by Crippen LogP contribution is 2.31. The van der Waals surface area contributed by atoms with Crippen LogP contribution in [0.25, 0.3) is 11.1 Å². The number of fused-ring (bicyclic) bond motifs is 1. The Balaban J connectivity index is 1.83. The number of hydrogen-bond acceptors (Lipinski definition) is 4. The average molecular weight is 377 g/mol. The normalized spacial score (nSPS) is 13.1. The van der Waals surface area contributed by atoms with Gasteiger partial charge in [-0.15, -0.1) is 0 Å². The van der Waals surface area contributed by atoms with E-state index in [1.54, 1.807) is 19.1 Å². The van der Waals surface area contributed by atoms with Crippen LogP contribution in [0.5, 0.6) is 0 Å². The summed E-state index contributed by atoms with van der Waals surface area (Å²) in [4.78, 5) is 16.6. The zero-order valence-electron chi connectivity index (χ0n) is 15.0. The molecule has 3 rings (SSSR count). The van der Waals surface area contributed by atoms with Crippen LogP contribution in [0.3, 0.4) is 0 Å². The van der Waals surface area contributed by atoms with Gasteiger partial charge in [0, 0.05) is 6.20 Å². The standard InChI is InChI=1S/C19H18F3N3O2/c1-10(2)16-15-8-13(9-23-18(15)27-25-16)17(26)24-11(3)12-5-4-6-14(7-12)19(20,21)22/h4-11H,1-3H3,(H,24,26)/t11-/m0/s1. The van der Waals surface area contributed by atoms with Gasteiger partial charge >= 0.3 is 6.18 Å². The molecule has 5 nitrogen and oxygen atoms in total. The highest BCUT2D eigenvalue weighted by Gasteiger charge is 2.30. The summed E-state index contributed by atoms with van der Waals surface area (Å²) in [7, 11) is 0. The average Bonchev–Trinajstić information content (AvgIpc) is 3.04. The van der Waals surface area contributed by atoms with Crippen molar-refractivity contribution < 1.29 is 22.5 Å². The molecule has 1 aromatic carbocycles. The van der Waals surface area contributed by atoms with Gasteiger partial charge in [-0.25, -0.2) is 4.98 Å². The number of carbonyl (C=O) groups is 1. The summed E-state index contributed by atoms with van der Waals surface area (Å²) < 4.78 is 43.7. The van der Waals surface area contributed by atoms with Crippen LogP contribution >= 0.6 is 0 Å². The van der Waals surface area contributed by atoms with Crippen molar-refractivity contribution in [2.45, 2.75) is 38.9 Å². The molecule has 0 aliphatic carbocycles. The van der Waals surface area contributed by atoms with Gasteiger partial charge in [-0.05, 0) is 36.6 Å². The second-order valence-corrected chi connectivity index (χ2v) is 6.62. The number of hydrogen-bond donors (Lipinski definition) is 1. The third-order valence-corrected chi connectivity index (χ3v) is 4.23. The maximum atomic E-state index is 12.9. The lowest BCUT2D eigenvalue weighted by atomic mass is 10.0. The molecule has 2 heterocycles. The van der Waals surface area contributed by atoms with Crippen molar-refractivity contribution in [2.75, 3.05) is 0 Å². The highest BCUT2D eigenvalue weighted by molar-refractivity contribution is 5.97. The summed E-state index contributed by atoms with van der Waals surface area (Å²) in [5, 5.41) is 7.30. The molecule has 142 valence electrons. The summed E-state index contributed by atoms with van der Waals surface area (Å²) in [5.74, 6) is -0.347. The molecule has 0 saturated heterocycles. The van der Waals surface area contributed by atoms with Crippen LogP contribution in [-0.4, -0.2) is 16.0 Å². The van der Waals surface area contributed by atoms with Crippen molar-refractivity contribution >= 4 is 17.0 Å². The number of pyridine rings is 1. The topological polar surface area (TPSA) is 68.0 Å². The molecular weight excluding hydrogens is 359 g/mol. The molecule has 0 aliphatic heterocycles. The van der Waals surface area contributed by atoms with Crippen LogP contribution in [0.1, 0.15) is 59.9 Å². The molecule has 0 spiro atoms. The number of nitrogens with zero attached hydrogens (tertiary/aromatic N) is 2. The van der Waals surface area contributed by atoms with Crippen LogP contribution in [-0.2, 0) is 6.18 Å². The minimum Gasteiger partial charge on any atom is -0.345 e. The van der Waals surface area contributed by atoms with Gasteiger partial charge in [0.15, 0.2) is 0 Å². The Morgan fingerprint density at radius 3 is 2.59 bits per heavy atom. The number of nitrogens with one attached hydrogen (secondary N) is 1. The SMILES string of the molecule is CC(C)c1noc2ncc(C(=O)N[C@@H](C)c3cccc(C(F)(F)F)c3)cc12. The first-order valence-electron chi connectivity index (χ1n) is 8.40. The molecule has 2 aromatic heterocycles. The van der Waals surface area contributed by atoms with Crippen molar-refractivity contribution in [3.05, 3.63) is 58.9 Å². The molecule has 0 bridgehead atoms. The number of rotatable bonds is 4. The van der Waals surface area contributed by atoms with E-state index in [1.807, 2.05) is 13.8 Å². The van der Waals surface area contributed by atoms with Crippen LogP contribution in [0, 0.1) is 0 Å². The Labute approximate surface area is 153 Å². The lowest BCUT2D eigenvalue weighted by Crippen LogP contribution is -2.27. The first kappa shape index (κ1) is 18.9. The number of amides is 1. The van der Waals surface area contributed by atoms with Gasteiger partial charge in [0.05, 0.1) is 28.2 Å². The van der Waals surface area contributed by atoms with E-state index in [9.17, 15) is 18.0 Å². The Hall–Kier alpha value is -2.90. The molecule has 1 atom stereocenters. The van der Waals surface area contributed by atoms with Gasteiger partial charge < -0.3 is 9.84 Å². The number of carbonyl (C=O) groups excluding carboxylic acids is 1. The zero-order valence-corrected chi connectivity index (χ0v) is 15.0. The van der Waals surface area contributed by atoms with Crippen LogP contribution in [0.15, 0.2) is 41.1 Å². The van der Waals surface area contributed by atoms with Crippen molar-refractivity contribution in [1.82, 2.24) is 15.5 Å². The Morgan fingerprint density at radius 2 is 1.93 bits per heavy atom. The molecular formula is C19H18F3N3O2. The second kappa shape index (κ2) is 7.02. The molecule has 0 fully saturated rings. The maximum absolute atomic E-state index is 12.9. The molecule has 0 saturated carbocycles. The van der Waals surface area contributed by atoms with Gasteiger partial charge in [-0.2, -0.15) is 13.2 Å². The predicted molar refractivity (Wildman–Crippen MR) is 93.2 cm³/mol. The van der Waals surface area contributed by atoms with E-state index in [0.29, 0.717) is 22.4 Å². The van der Waals surface area contributed by atoms with Gasteiger partial charge in [0.1, 0.15) is 0 Å². The van der Waals surface area contributed by atoms with Crippen molar-refractivity contribution in [3.63, 3.8) is 0 Å². The quantitative estimate of drug-likeness (QED) is 0.705. The van der Waals surface area contributed by atoms with Crippen LogP contribution in [0.2, 0.25) is 0 Å². The number of aromatic nitrogens is 2. The van der Waals surface area contributed by atoms with E-state index < -0.39 is 23.7 Å². The minimum atomic E-state index is -4.43. The van der Waals surface area contributed by atoms with Crippen molar-refractivity contribution in [3.8, 4) is 0 Å².